The van der Waals surface area contributed by atoms with Crippen LogP contribution >= 0.6 is 0 Å². The summed E-state index contributed by atoms with van der Waals surface area (Å²) in [7, 11) is -2.42. The van der Waals surface area contributed by atoms with Gasteiger partial charge in [-0.25, -0.2) is 8.42 Å². The lowest BCUT2D eigenvalue weighted by atomic mass is 10.2. The minimum absolute atomic E-state index is 0.0263. The van der Waals surface area contributed by atoms with E-state index in [1.54, 1.807) is 18.2 Å². The summed E-state index contributed by atoms with van der Waals surface area (Å²) in [4.78, 5) is 0. The highest BCUT2D eigenvalue weighted by Crippen LogP contribution is 2.15. The number of rotatable bonds is 2. The molecule has 0 aliphatic rings. The molecule has 1 aromatic carbocycles. The zero-order valence-electron chi connectivity index (χ0n) is 6.36. The van der Waals surface area contributed by atoms with Gasteiger partial charge in [0.2, 0.25) is 0 Å². The number of thiol groups is 1. The summed E-state index contributed by atoms with van der Waals surface area (Å²) in [5.41, 5.74) is 12.5. The third-order valence-corrected chi connectivity index (χ3v) is 2.07. The van der Waals surface area contributed by atoms with Crippen molar-refractivity contribution in [3.63, 3.8) is 0 Å². The van der Waals surface area contributed by atoms with Crippen LogP contribution in [-0.4, -0.2) is 8.42 Å². The summed E-state index contributed by atoms with van der Waals surface area (Å²) in [5.74, 6) is -0.0263. The van der Waals surface area contributed by atoms with Gasteiger partial charge in [0, 0.05) is 11.4 Å². The molecule has 66 valence electrons. The second-order valence-electron chi connectivity index (χ2n) is 2.45. The second-order valence-corrected chi connectivity index (χ2v) is 3.43. The summed E-state index contributed by atoms with van der Waals surface area (Å²) in [6.07, 6.45) is 0. The molecule has 0 atom stereocenters. The van der Waals surface area contributed by atoms with Crippen molar-refractivity contribution in [1.29, 1.82) is 0 Å². The molecule has 0 amide bonds. The van der Waals surface area contributed by atoms with E-state index in [1.807, 2.05) is 0 Å². The Hall–Kier alpha value is -1.23. The van der Waals surface area contributed by atoms with Crippen LogP contribution in [0.3, 0.4) is 0 Å². The van der Waals surface area contributed by atoms with Crippen LogP contribution in [0.5, 0.6) is 0 Å². The normalized spacial score (nSPS) is 10.4. The second kappa shape index (κ2) is 3.44. The molecule has 0 fully saturated rings. The Labute approximate surface area is 72.1 Å². The SMILES string of the molecule is Nc1ccc(C[SH](=O)=O)c(N)c1. The summed E-state index contributed by atoms with van der Waals surface area (Å²) in [6.45, 7) is 0. The van der Waals surface area contributed by atoms with E-state index < -0.39 is 10.7 Å². The van der Waals surface area contributed by atoms with E-state index >= 15 is 0 Å². The zero-order valence-corrected chi connectivity index (χ0v) is 7.25. The number of nitrogens with two attached hydrogens (primary N) is 2. The van der Waals surface area contributed by atoms with Gasteiger partial charge in [0.1, 0.15) is 10.7 Å². The largest absolute Gasteiger partial charge is 0.399 e. The van der Waals surface area contributed by atoms with E-state index in [1.165, 1.54) is 0 Å². The van der Waals surface area contributed by atoms with Crippen LogP contribution in [0.1, 0.15) is 5.56 Å². The quantitative estimate of drug-likeness (QED) is 0.447. The number of hydrogen-bond acceptors (Lipinski definition) is 4. The maximum atomic E-state index is 10.4. The van der Waals surface area contributed by atoms with Gasteiger partial charge in [-0.15, -0.1) is 0 Å². The third kappa shape index (κ3) is 2.13. The lowest BCUT2D eigenvalue weighted by Gasteiger charge is -2.01. The van der Waals surface area contributed by atoms with Gasteiger partial charge in [0.05, 0.1) is 5.75 Å². The van der Waals surface area contributed by atoms with E-state index in [4.69, 9.17) is 11.5 Å². The molecule has 0 radical (unpaired) electrons. The fourth-order valence-corrected chi connectivity index (χ4v) is 1.46. The summed E-state index contributed by atoms with van der Waals surface area (Å²) in [6, 6.07) is 4.80. The first-order valence-electron chi connectivity index (χ1n) is 3.35. The van der Waals surface area contributed by atoms with Gasteiger partial charge in [-0.05, 0) is 17.7 Å². The Balaban J connectivity index is 3.01. The standard InChI is InChI=1S/C7H10N2O2S/c8-6-2-1-5(4-12(10)11)7(9)3-6/h1-3,12H,4,8-9H2. The van der Waals surface area contributed by atoms with Gasteiger partial charge in [0.15, 0.2) is 0 Å². The fraction of sp³-hybridized carbons (Fsp3) is 0.143. The van der Waals surface area contributed by atoms with Crippen molar-refractivity contribution in [2.45, 2.75) is 5.75 Å². The van der Waals surface area contributed by atoms with Crippen LogP contribution in [0.4, 0.5) is 11.4 Å². The highest BCUT2D eigenvalue weighted by Gasteiger charge is 1.99. The molecule has 12 heavy (non-hydrogen) atoms. The summed E-state index contributed by atoms with van der Waals surface area (Å²) >= 11 is 0. The zero-order chi connectivity index (χ0) is 9.14. The number of anilines is 2. The van der Waals surface area contributed by atoms with E-state index in [9.17, 15) is 8.42 Å². The summed E-state index contributed by atoms with van der Waals surface area (Å²) in [5, 5.41) is 0. The van der Waals surface area contributed by atoms with E-state index in [-0.39, 0.29) is 5.75 Å². The first-order valence-corrected chi connectivity index (χ1v) is 4.71. The van der Waals surface area contributed by atoms with Crippen molar-refractivity contribution < 1.29 is 8.42 Å². The van der Waals surface area contributed by atoms with Gasteiger partial charge < -0.3 is 11.5 Å². The molecule has 1 rings (SSSR count). The maximum Gasteiger partial charge on any atom is 0.144 e. The predicted octanol–water partition coefficient (Wildman–Crippen LogP) is -0.0376. The first-order chi connectivity index (χ1) is 5.59. The van der Waals surface area contributed by atoms with Crippen molar-refractivity contribution in [2.75, 3.05) is 11.5 Å². The van der Waals surface area contributed by atoms with Crippen LogP contribution in [0.25, 0.3) is 0 Å². The number of hydrogen-bond donors (Lipinski definition) is 3. The molecule has 0 bridgehead atoms. The number of benzene rings is 1. The molecule has 0 aliphatic carbocycles. The molecule has 0 saturated heterocycles. The Bertz CT molecular complexity index is 352. The van der Waals surface area contributed by atoms with Crippen LogP contribution in [-0.2, 0) is 16.5 Å². The topological polar surface area (TPSA) is 86.2 Å². The minimum Gasteiger partial charge on any atom is -0.399 e. The van der Waals surface area contributed by atoms with Gasteiger partial charge in [0.25, 0.3) is 0 Å². The van der Waals surface area contributed by atoms with Crippen LogP contribution in [0, 0.1) is 0 Å². The molecule has 4 nitrogen and oxygen atoms in total. The molecule has 0 spiro atoms. The molecule has 0 unspecified atom stereocenters. The molecular weight excluding hydrogens is 176 g/mol. The Morgan fingerprint density at radius 2 is 1.92 bits per heavy atom. The predicted molar refractivity (Wildman–Crippen MR) is 49.3 cm³/mol. The smallest absolute Gasteiger partial charge is 0.144 e. The molecule has 5 heteroatoms. The van der Waals surface area contributed by atoms with Crippen molar-refractivity contribution >= 4 is 22.1 Å². The van der Waals surface area contributed by atoms with Crippen molar-refractivity contribution in [3.8, 4) is 0 Å². The monoisotopic (exact) mass is 186 g/mol. The van der Waals surface area contributed by atoms with Crippen molar-refractivity contribution in [2.24, 2.45) is 0 Å². The van der Waals surface area contributed by atoms with Gasteiger partial charge in [-0.2, -0.15) is 0 Å². The van der Waals surface area contributed by atoms with Crippen LogP contribution in [0.2, 0.25) is 0 Å². The van der Waals surface area contributed by atoms with Gasteiger partial charge in [-0.3, -0.25) is 0 Å². The van der Waals surface area contributed by atoms with E-state index in [0.29, 0.717) is 16.9 Å². The molecule has 0 saturated carbocycles. The highest BCUT2D eigenvalue weighted by atomic mass is 32.2. The van der Waals surface area contributed by atoms with E-state index in [2.05, 4.69) is 0 Å². The summed E-state index contributed by atoms with van der Waals surface area (Å²) < 4.78 is 20.7. The molecule has 1 aromatic rings. The average molecular weight is 186 g/mol. The first kappa shape index (κ1) is 8.86. The molecule has 0 aliphatic heterocycles. The molecule has 0 aromatic heterocycles. The minimum atomic E-state index is -2.42. The Kier molecular flexibility index (Phi) is 2.54. The third-order valence-electron chi connectivity index (χ3n) is 1.47. The van der Waals surface area contributed by atoms with Crippen molar-refractivity contribution in [1.82, 2.24) is 0 Å². The Morgan fingerprint density at radius 1 is 1.25 bits per heavy atom. The van der Waals surface area contributed by atoms with Crippen LogP contribution in [0.15, 0.2) is 18.2 Å². The number of nitrogen functional groups attached to an aromatic ring is 2. The molecule has 0 heterocycles. The average Bonchev–Trinajstić information content (AvgIpc) is 1.94. The highest BCUT2D eigenvalue weighted by molar-refractivity contribution is 7.71. The maximum absolute atomic E-state index is 10.4. The van der Waals surface area contributed by atoms with Gasteiger partial charge in [-0.1, -0.05) is 6.07 Å². The lowest BCUT2D eigenvalue weighted by molar-refractivity contribution is 0.614. The Morgan fingerprint density at radius 3 is 2.42 bits per heavy atom. The van der Waals surface area contributed by atoms with E-state index in [0.717, 1.165) is 0 Å². The van der Waals surface area contributed by atoms with Crippen LogP contribution < -0.4 is 11.5 Å². The molecule has 4 N–H and O–H groups in total. The van der Waals surface area contributed by atoms with Gasteiger partial charge >= 0.3 is 0 Å². The lowest BCUT2D eigenvalue weighted by Crippen LogP contribution is -1.97. The molecular formula is C7H10N2O2S. The van der Waals surface area contributed by atoms with Crippen molar-refractivity contribution in [3.05, 3.63) is 23.8 Å². The fourth-order valence-electron chi connectivity index (χ4n) is 0.896.